The fraction of sp³-hybridized carbons (Fsp3) is 0.625. The normalized spacial score (nSPS) is 12.1. The van der Waals surface area contributed by atoms with Crippen LogP contribution in [0.3, 0.4) is 0 Å². The monoisotopic (exact) mass is 282 g/mol. The predicted molar refractivity (Wildman–Crippen MR) is 88.1 cm³/mol. The first-order valence-electron chi connectivity index (χ1n) is 6.90. The highest BCUT2D eigenvalue weighted by Gasteiger charge is 2.24. The van der Waals surface area contributed by atoms with Crippen molar-refractivity contribution in [2.75, 3.05) is 11.5 Å². The number of thioether (sulfide) groups is 1. The lowest BCUT2D eigenvalue weighted by Crippen LogP contribution is -2.24. The van der Waals surface area contributed by atoms with Gasteiger partial charge in [0.25, 0.3) is 0 Å². The summed E-state index contributed by atoms with van der Waals surface area (Å²) in [6.45, 7) is 9.04. The van der Waals surface area contributed by atoms with Gasteiger partial charge in [-0.2, -0.15) is 12.6 Å². The minimum absolute atomic E-state index is 0.393. The Morgan fingerprint density at radius 1 is 1.11 bits per heavy atom. The summed E-state index contributed by atoms with van der Waals surface area (Å²) in [7, 11) is 0. The summed E-state index contributed by atoms with van der Waals surface area (Å²) in [5.74, 6) is 2.77. The highest BCUT2D eigenvalue weighted by Crippen LogP contribution is 2.35. The van der Waals surface area contributed by atoms with E-state index >= 15 is 0 Å². The molecule has 2 heteroatoms. The van der Waals surface area contributed by atoms with Crippen molar-refractivity contribution in [2.45, 2.75) is 51.3 Å². The molecule has 1 rings (SSSR count). The quantitative estimate of drug-likeness (QED) is 0.499. The predicted octanol–water partition coefficient (Wildman–Crippen LogP) is 5.64. The van der Waals surface area contributed by atoms with Crippen LogP contribution in [0.25, 0.3) is 0 Å². The Kier molecular flexibility index (Phi) is 6.65. The fourth-order valence-electron chi connectivity index (χ4n) is 1.91. The van der Waals surface area contributed by atoms with Crippen LogP contribution in [-0.2, 0) is 0 Å². The van der Waals surface area contributed by atoms with E-state index in [2.05, 4.69) is 64.6 Å². The van der Waals surface area contributed by atoms with Crippen molar-refractivity contribution in [1.82, 2.24) is 0 Å². The zero-order valence-electron chi connectivity index (χ0n) is 12.1. The van der Waals surface area contributed by atoms with Gasteiger partial charge in [-0.15, -0.1) is 11.8 Å². The molecule has 0 amide bonds. The molecule has 0 atom stereocenters. The van der Waals surface area contributed by atoms with Crippen LogP contribution in [0, 0.1) is 5.41 Å². The van der Waals surface area contributed by atoms with Crippen molar-refractivity contribution >= 4 is 24.4 Å². The van der Waals surface area contributed by atoms with Gasteiger partial charge in [0.15, 0.2) is 0 Å². The van der Waals surface area contributed by atoms with Crippen LogP contribution in [0.5, 0.6) is 0 Å². The number of thiol groups is 1. The van der Waals surface area contributed by atoms with Crippen molar-refractivity contribution in [3.63, 3.8) is 0 Å². The Hall–Kier alpha value is -0.0800. The molecule has 0 aliphatic rings. The van der Waals surface area contributed by atoms with E-state index in [0.29, 0.717) is 11.3 Å². The number of benzene rings is 1. The number of hydrogen-bond acceptors (Lipinski definition) is 2. The molecule has 0 aromatic heterocycles. The maximum absolute atomic E-state index is 4.54. The maximum atomic E-state index is 4.54. The van der Waals surface area contributed by atoms with Gasteiger partial charge in [-0.1, -0.05) is 39.8 Å². The van der Waals surface area contributed by atoms with Gasteiger partial charge in [-0.3, -0.25) is 0 Å². The molecule has 0 radical (unpaired) electrons. The lowest BCUT2D eigenvalue weighted by molar-refractivity contribution is 0.357. The van der Waals surface area contributed by atoms with Crippen molar-refractivity contribution in [1.29, 1.82) is 0 Å². The fourth-order valence-corrected chi connectivity index (χ4v) is 3.93. The summed E-state index contributed by atoms with van der Waals surface area (Å²) in [4.78, 5) is 1.38. The standard InChI is InChI=1S/C16H26S2/c1-5-16(6-2,11-17)12-18-15-9-7-14(8-10-15)13(3)4/h7-10,13,17H,5-6,11-12H2,1-4H3. The maximum Gasteiger partial charge on any atom is 0.00723 e. The summed E-state index contributed by atoms with van der Waals surface area (Å²) in [6.07, 6.45) is 2.42. The van der Waals surface area contributed by atoms with Crippen LogP contribution in [0.2, 0.25) is 0 Å². The van der Waals surface area contributed by atoms with Gasteiger partial charge < -0.3 is 0 Å². The van der Waals surface area contributed by atoms with Crippen LogP contribution in [0.15, 0.2) is 29.2 Å². The van der Waals surface area contributed by atoms with E-state index in [1.54, 1.807) is 0 Å². The van der Waals surface area contributed by atoms with E-state index < -0.39 is 0 Å². The van der Waals surface area contributed by atoms with E-state index in [1.807, 2.05) is 11.8 Å². The summed E-state index contributed by atoms with van der Waals surface area (Å²) in [5.41, 5.74) is 1.82. The SMILES string of the molecule is CCC(CC)(CS)CSc1ccc(C(C)C)cc1. The van der Waals surface area contributed by atoms with Crippen molar-refractivity contribution in [2.24, 2.45) is 5.41 Å². The molecule has 0 aliphatic carbocycles. The van der Waals surface area contributed by atoms with Crippen LogP contribution >= 0.6 is 24.4 Å². The molecule has 1 aromatic carbocycles. The van der Waals surface area contributed by atoms with Gasteiger partial charge in [-0.05, 0) is 47.6 Å². The minimum Gasteiger partial charge on any atom is -0.179 e. The van der Waals surface area contributed by atoms with E-state index in [1.165, 1.54) is 29.1 Å². The zero-order chi connectivity index (χ0) is 13.6. The summed E-state index contributed by atoms with van der Waals surface area (Å²) >= 11 is 6.51. The smallest absolute Gasteiger partial charge is 0.00723 e. The second-order valence-electron chi connectivity index (χ2n) is 5.38. The number of hydrogen-bond donors (Lipinski definition) is 1. The molecule has 102 valence electrons. The van der Waals surface area contributed by atoms with E-state index in [9.17, 15) is 0 Å². The zero-order valence-corrected chi connectivity index (χ0v) is 13.8. The molecular formula is C16H26S2. The summed E-state index contributed by atoms with van der Waals surface area (Å²) in [6, 6.07) is 9.03. The van der Waals surface area contributed by atoms with E-state index in [-0.39, 0.29) is 0 Å². The lowest BCUT2D eigenvalue weighted by Gasteiger charge is -2.29. The first-order valence-corrected chi connectivity index (χ1v) is 8.52. The topological polar surface area (TPSA) is 0 Å². The molecule has 1 aromatic rings. The average Bonchev–Trinajstić information content (AvgIpc) is 2.41. The Morgan fingerprint density at radius 2 is 1.67 bits per heavy atom. The molecule has 0 aliphatic heterocycles. The van der Waals surface area contributed by atoms with Gasteiger partial charge in [0.1, 0.15) is 0 Å². The van der Waals surface area contributed by atoms with Crippen molar-refractivity contribution in [3.05, 3.63) is 29.8 Å². The third-order valence-electron chi connectivity index (χ3n) is 3.93. The minimum atomic E-state index is 0.393. The number of rotatable bonds is 7. The van der Waals surface area contributed by atoms with E-state index in [4.69, 9.17) is 0 Å². The second kappa shape index (κ2) is 7.49. The van der Waals surface area contributed by atoms with Crippen LogP contribution in [-0.4, -0.2) is 11.5 Å². The molecule has 0 saturated carbocycles. The van der Waals surface area contributed by atoms with Crippen molar-refractivity contribution < 1.29 is 0 Å². The van der Waals surface area contributed by atoms with Gasteiger partial charge in [0.05, 0.1) is 0 Å². The first-order chi connectivity index (χ1) is 8.56. The molecule has 0 spiro atoms. The van der Waals surface area contributed by atoms with Crippen LogP contribution in [0.4, 0.5) is 0 Å². The van der Waals surface area contributed by atoms with Crippen LogP contribution in [0.1, 0.15) is 52.0 Å². The van der Waals surface area contributed by atoms with Gasteiger partial charge >= 0.3 is 0 Å². The highest BCUT2D eigenvalue weighted by molar-refractivity contribution is 7.99. The molecule has 0 unspecified atom stereocenters. The molecule has 0 N–H and O–H groups in total. The van der Waals surface area contributed by atoms with Crippen molar-refractivity contribution in [3.8, 4) is 0 Å². The lowest BCUT2D eigenvalue weighted by atomic mass is 9.87. The molecule has 18 heavy (non-hydrogen) atoms. The Bertz CT molecular complexity index is 328. The molecule has 0 saturated heterocycles. The molecule has 0 fully saturated rings. The largest absolute Gasteiger partial charge is 0.179 e. The third kappa shape index (κ3) is 4.24. The summed E-state index contributed by atoms with van der Waals surface area (Å²) in [5, 5.41) is 0. The molecule has 0 heterocycles. The van der Waals surface area contributed by atoms with Gasteiger partial charge in [0.2, 0.25) is 0 Å². The second-order valence-corrected chi connectivity index (χ2v) is 6.74. The molecular weight excluding hydrogens is 256 g/mol. The highest BCUT2D eigenvalue weighted by atomic mass is 32.2. The molecule has 0 nitrogen and oxygen atoms in total. The first kappa shape index (κ1) is 16.0. The Labute approximate surface area is 122 Å². The average molecular weight is 283 g/mol. The Balaban J connectivity index is 2.62. The molecule has 0 bridgehead atoms. The van der Waals surface area contributed by atoms with Gasteiger partial charge in [0, 0.05) is 10.6 Å². The third-order valence-corrected chi connectivity index (χ3v) is 5.96. The summed E-state index contributed by atoms with van der Waals surface area (Å²) < 4.78 is 0. The van der Waals surface area contributed by atoms with Crippen LogP contribution < -0.4 is 0 Å². The van der Waals surface area contributed by atoms with E-state index in [0.717, 1.165) is 5.75 Å². The van der Waals surface area contributed by atoms with Gasteiger partial charge in [-0.25, -0.2) is 0 Å². The Morgan fingerprint density at radius 3 is 2.06 bits per heavy atom.